The molecule has 0 radical (unpaired) electrons. The van der Waals surface area contributed by atoms with Gasteiger partial charge in [-0.15, -0.1) is 0 Å². The average Bonchev–Trinajstić information content (AvgIpc) is 3.65. The number of aryl methyl sites for hydroxylation is 1. The molecular weight excluding hydrogens is 564 g/mol. The van der Waals surface area contributed by atoms with Crippen molar-refractivity contribution in [2.24, 2.45) is 4.99 Å². The third kappa shape index (κ3) is 7.72. The second-order valence-corrected chi connectivity index (χ2v) is 11.0. The zero-order chi connectivity index (χ0) is 30.2. The first-order chi connectivity index (χ1) is 20.9. The van der Waals surface area contributed by atoms with Gasteiger partial charge in [0.15, 0.2) is 5.17 Å². The van der Waals surface area contributed by atoms with Crippen molar-refractivity contribution in [2.45, 2.75) is 44.7 Å². The van der Waals surface area contributed by atoms with Crippen LogP contribution in [0.3, 0.4) is 0 Å². The zero-order valence-electron chi connectivity index (χ0n) is 23.9. The number of nitrogens with one attached hydrogen (secondary N) is 2. The maximum Gasteiger partial charge on any atom is 0.408 e. The number of carbonyl (C=O) groups is 3. The molecule has 0 saturated carbocycles. The summed E-state index contributed by atoms with van der Waals surface area (Å²) >= 11 is 1.38. The molecule has 0 spiro atoms. The van der Waals surface area contributed by atoms with Crippen LogP contribution in [-0.2, 0) is 33.9 Å². The summed E-state index contributed by atoms with van der Waals surface area (Å²) in [6, 6.07) is 27.1. The minimum Gasteiger partial charge on any atom is -0.467 e. The number of alkyl carbamates (subject to hydrolysis) is 1. The molecule has 2 heterocycles. The van der Waals surface area contributed by atoms with Gasteiger partial charge in [0, 0.05) is 5.69 Å². The van der Waals surface area contributed by atoms with Crippen molar-refractivity contribution in [1.82, 2.24) is 10.2 Å². The van der Waals surface area contributed by atoms with E-state index in [1.54, 1.807) is 36.3 Å². The van der Waals surface area contributed by atoms with E-state index in [0.717, 1.165) is 28.8 Å². The Balaban J connectivity index is 1.23. The third-order valence-corrected chi connectivity index (χ3v) is 8.04. The van der Waals surface area contributed by atoms with E-state index in [2.05, 4.69) is 23.6 Å². The van der Waals surface area contributed by atoms with E-state index in [4.69, 9.17) is 14.1 Å². The fraction of sp³-hybridized carbons (Fsp3) is 0.212. The second kappa shape index (κ2) is 13.9. The number of nitrogens with zero attached hydrogens (tertiary/aromatic N) is 2. The maximum atomic E-state index is 13.6. The number of aliphatic imine (C=N–C) groups is 1. The van der Waals surface area contributed by atoms with Crippen molar-refractivity contribution >= 4 is 46.2 Å². The van der Waals surface area contributed by atoms with Crippen LogP contribution in [0.4, 0.5) is 16.2 Å². The summed E-state index contributed by atoms with van der Waals surface area (Å²) in [5.41, 5.74) is 4.11. The van der Waals surface area contributed by atoms with Crippen molar-refractivity contribution in [3.8, 4) is 0 Å². The molecule has 10 heteroatoms. The van der Waals surface area contributed by atoms with E-state index >= 15 is 0 Å². The predicted octanol–water partition coefficient (Wildman–Crippen LogP) is 6.60. The van der Waals surface area contributed by atoms with Gasteiger partial charge in [0.05, 0.1) is 18.5 Å². The van der Waals surface area contributed by atoms with Gasteiger partial charge in [-0.25, -0.2) is 9.79 Å². The highest BCUT2D eigenvalue weighted by molar-refractivity contribution is 8.15. The molecule has 0 bridgehead atoms. The van der Waals surface area contributed by atoms with Crippen molar-refractivity contribution in [2.75, 3.05) is 5.32 Å². The van der Waals surface area contributed by atoms with Crippen molar-refractivity contribution in [3.05, 3.63) is 120 Å². The van der Waals surface area contributed by atoms with E-state index in [1.165, 1.54) is 11.8 Å². The molecule has 3 aromatic carbocycles. The molecule has 9 nitrogen and oxygen atoms in total. The van der Waals surface area contributed by atoms with Gasteiger partial charge in [-0.3, -0.25) is 14.5 Å². The standard InChI is InChI=1S/C33H32N4O5S/c1-3-23-11-7-12-27(19-23)36-32-37(20-28-13-8-18-41-28)31(39)29(43-32)25-14-16-26(17-15-25)35-30(38)22(2)34-33(40)42-21-24-9-5-4-6-10-24/h4-19,22,29H,3,20-21H2,1-2H3,(H,34,40)(H,35,38)/t22-,29?/m1/s1. The molecule has 1 saturated heterocycles. The molecule has 5 rings (SSSR count). The zero-order valence-corrected chi connectivity index (χ0v) is 24.7. The first kappa shape index (κ1) is 29.7. The lowest BCUT2D eigenvalue weighted by molar-refractivity contribution is -0.126. The van der Waals surface area contributed by atoms with E-state index < -0.39 is 23.3 Å². The Kier molecular flexibility index (Phi) is 9.58. The molecule has 1 aromatic heterocycles. The molecule has 0 aliphatic carbocycles. The van der Waals surface area contributed by atoms with E-state index in [1.807, 2.05) is 66.7 Å². The minimum atomic E-state index is -0.824. The van der Waals surface area contributed by atoms with Crippen LogP contribution in [-0.4, -0.2) is 34.0 Å². The van der Waals surface area contributed by atoms with Gasteiger partial charge in [-0.05, 0) is 66.4 Å². The Morgan fingerprint density at radius 1 is 1.00 bits per heavy atom. The average molecular weight is 597 g/mol. The van der Waals surface area contributed by atoms with Crippen molar-refractivity contribution in [1.29, 1.82) is 0 Å². The van der Waals surface area contributed by atoms with Crippen LogP contribution >= 0.6 is 11.8 Å². The van der Waals surface area contributed by atoms with E-state index in [-0.39, 0.29) is 19.1 Å². The highest BCUT2D eigenvalue weighted by atomic mass is 32.2. The molecule has 220 valence electrons. The molecule has 43 heavy (non-hydrogen) atoms. The van der Waals surface area contributed by atoms with Crippen molar-refractivity contribution in [3.63, 3.8) is 0 Å². The summed E-state index contributed by atoms with van der Waals surface area (Å²) < 4.78 is 10.7. The molecule has 1 fully saturated rings. The van der Waals surface area contributed by atoms with Gasteiger partial charge in [0.1, 0.15) is 23.7 Å². The lowest BCUT2D eigenvalue weighted by Crippen LogP contribution is -2.41. The number of ether oxygens (including phenoxy) is 1. The first-order valence-electron chi connectivity index (χ1n) is 14.0. The molecule has 2 N–H and O–H groups in total. The minimum absolute atomic E-state index is 0.101. The number of amides is 3. The van der Waals surface area contributed by atoms with E-state index in [0.29, 0.717) is 16.6 Å². The topological polar surface area (TPSA) is 113 Å². The number of anilines is 1. The Morgan fingerprint density at radius 2 is 1.77 bits per heavy atom. The number of hydrogen-bond donors (Lipinski definition) is 2. The summed E-state index contributed by atoms with van der Waals surface area (Å²) in [5, 5.41) is 5.42. The highest BCUT2D eigenvalue weighted by Gasteiger charge is 2.39. The normalized spacial score (nSPS) is 16.2. The first-order valence-corrected chi connectivity index (χ1v) is 14.8. The molecular formula is C33H32N4O5S. The Hall–Kier alpha value is -4.83. The largest absolute Gasteiger partial charge is 0.467 e. The van der Waals surface area contributed by atoms with E-state index in [9.17, 15) is 14.4 Å². The maximum absolute atomic E-state index is 13.6. The van der Waals surface area contributed by atoms with Crippen LogP contribution in [0.1, 0.15) is 41.5 Å². The number of amidine groups is 1. The fourth-order valence-corrected chi connectivity index (χ4v) is 5.58. The summed E-state index contributed by atoms with van der Waals surface area (Å²) in [4.78, 5) is 44.9. The number of benzene rings is 3. The van der Waals surface area contributed by atoms with Gasteiger partial charge in [-0.1, -0.05) is 73.3 Å². The summed E-state index contributed by atoms with van der Waals surface area (Å²) in [6.45, 7) is 4.04. The molecule has 1 aliphatic rings. The van der Waals surface area contributed by atoms with Gasteiger partial charge in [-0.2, -0.15) is 0 Å². The molecule has 3 amide bonds. The third-order valence-electron chi connectivity index (χ3n) is 6.80. The quantitative estimate of drug-likeness (QED) is 0.213. The van der Waals surface area contributed by atoms with Gasteiger partial charge in [0.2, 0.25) is 11.8 Å². The lowest BCUT2D eigenvalue weighted by atomic mass is 10.1. The van der Waals surface area contributed by atoms with Crippen LogP contribution in [0.25, 0.3) is 0 Å². The van der Waals surface area contributed by atoms with Crippen LogP contribution in [0.5, 0.6) is 0 Å². The molecule has 4 aromatic rings. The predicted molar refractivity (Wildman–Crippen MR) is 167 cm³/mol. The number of furan rings is 1. The lowest BCUT2D eigenvalue weighted by Gasteiger charge is -2.16. The van der Waals surface area contributed by atoms with Crippen LogP contribution < -0.4 is 10.6 Å². The van der Waals surface area contributed by atoms with Gasteiger partial charge < -0.3 is 19.8 Å². The van der Waals surface area contributed by atoms with Crippen LogP contribution in [0.15, 0.2) is 107 Å². The van der Waals surface area contributed by atoms with Crippen molar-refractivity contribution < 1.29 is 23.5 Å². The van der Waals surface area contributed by atoms with Crippen LogP contribution in [0.2, 0.25) is 0 Å². The Morgan fingerprint density at radius 3 is 2.49 bits per heavy atom. The summed E-state index contributed by atoms with van der Waals surface area (Å²) in [7, 11) is 0. The second-order valence-electron chi connectivity index (χ2n) is 9.96. The Bertz CT molecular complexity index is 1590. The number of carbonyl (C=O) groups excluding carboxylic acids is 3. The van der Waals surface area contributed by atoms with Crippen LogP contribution in [0, 0.1) is 0 Å². The molecule has 1 unspecified atom stereocenters. The molecule has 1 aliphatic heterocycles. The SMILES string of the molecule is CCc1cccc(N=C2SC(c3ccc(NC(=O)[C@@H](C)NC(=O)OCc4ccccc4)cc3)C(=O)N2Cc2ccco2)c1. The smallest absolute Gasteiger partial charge is 0.408 e. The summed E-state index contributed by atoms with van der Waals surface area (Å²) in [5.74, 6) is 0.161. The van der Waals surface area contributed by atoms with Gasteiger partial charge in [0.25, 0.3) is 0 Å². The number of rotatable bonds is 10. The summed E-state index contributed by atoms with van der Waals surface area (Å²) in [6.07, 6.45) is 1.79. The molecule has 2 atom stereocenters. The van der Waals surface area contributed by atoms with Gasteiger partial charge >= 0.3 is 6.09 Å². The number of hydrogen-bond acceptors (Lipinski definition) is 7. The highest BCUT2D eigenvalue weighted by Crippen LogP contribution is 2.41. The fourth-order valence-electron chi connectivity index (χ4n) is 4.41. The monoisotopic (exact) mass is 596 g/mol. The number of thioether (sulfide) groups is 1. The Labute approximate surface area is 254 Å².